The Bertz CT molecular complexity index is 948. The molecule has 0 aliphatic heterocycles. The number of aliphatic hydroxyl groups is 1. The van der Waals surface area contributed by atoms with Crippen molar-refractivity contribution in [3.8, 4) is 5.75 Å². The highest BCUT2D eigenvalue weighted by atomic mass is 19.2. The van der Waals surface area contributed by atoms with Gasteiger partial charge in [0.1, 0.15) is 11.6 Å². The van der Waals surface area contributed by atoms with Crippen molar-refractivity contribution < 1.29 is 27.8 Å². The second kappa shape index (κ2) is 11.6. The van der Waals surface area contributed by atoms with Gasteiger partial charge in [0.2, 0.25) is 0 Å². The maximum Gasteiger partial charge on any atom is 0.162 e. The van der Waals surface area contributed by atoms with Crippen LogP contribution >= 0.6 is 0 Å². The van der Waals surface area contributed by atoms with Crippen molar-refractivity contribution in [2.24, 2.45) is 5.92 Å². The van der Waals surface area contributed by atoms with Gasteiger partial charge in [-0.2, -0.15) is 0 Å². The van der Waals surface area contributed by atoms with Gasteiger partial charge in [0.15, 0.2) is 11.6 Å². The van der Waals surface area contributed by atoms with Crippen molar-refractivity contribution in [1.82, 2.24) is 0 Å². The summed E-state index contributed by atoms with van der Waals surface area (Å²) in [6.45, 7) is 3.13. The smallest absolute Gasteiger partial charge is 0.162 e. The minimum absolute atomic E-state index is 0.00303. The van der Waals surface area contributed by atoms with E-state index in [0.717, 1.165) is 25.7 Å². The van der Waals surface area contributed by atoms with Gasteiger partial charge in [-0.15, -0.1) is 0 Å². The quantitative estimate of drug-likeness (QED) is 0.445. The molecule has 1 N–H and O–H groups in total. The van der Waals surface area contributed by atoms with Crippen molar-refractivity contribution in [2.45, 2.75) is 82.8 Å². The van der Waals surface area contributed by atoms with Gasteiger partial charge in [-0.25, -0.2) is 13.2 Å². The van der Waals surface area contributed by atoms with Crippen molar-refractivity contribution in [2.75, 3.05) is 13.2 Å². The van der Waals surface area contributed by atoms with E-state index >= 15 is 0 Å². The summed E-state index contributed by atoms with van der Waals surface area (Å²) in [5, 5.41) is 9.69. The average Bonchev–Trinajstić information content (AvgIpc) is 2.85. The molecule has 0 spiro atoms. The molecule has 6 heteroatoms. The fourth-order valence-electron chi connectivity index (χ4n) is 5.40. The lowest BCUT2D eigenvalue weighted by atomic mass is 9.77. The minimum atomic E-state index is -0.709. The molecule has 0 unspecified atom stereocenters. The van der Waals surface area contributed by atoms with Crippen LogP contribution in [0.1, 0.15) is 86.8 Å². The minimum Gasteiger partial charge on any atom is -0.493 e. The SMILES string of the molecule is CCOCc1ccc(OCC2CCC(c3ccc(C4CCC(O)CC4)c(F)c3F)CC2)cc1F. The van der Waals surface area contributed by atoms with Gasteiger partial charge in [0.25, 0.3) is 0 Å². The lowest BCUT2D eigenvalue weighted by Gasteiger charge is -2.30. The van der Waals surface area contributed by atoms with Crippen LogP contribution in [0.5, 0.6) is 5.75 Å². The fraction of sp³-hybridized carbons (Fsp3) is 0.571. The van der Waals surface area contributed by atoms with Crippen LogP contribution in [-0.4, -0.2) is 24.4 Å². The van der Waals surface area contributed by atoms with Crippen LogP contribution in [0.4, 0.5) is 13.2 Å². The molecule has 0 radical (unpaired) electrons. The van der Waals surface area contributed by atoms with Crippen LogP contribution in [0.2, 0.25) is 0 Å². The molecule has 0 bridgehead atoms. The Hall–Kier alpha value is -2.05. The largest absolute Gasteiger partial charge is 0.493 e. The van der Waals surface area contributed by atoms with E-state index in [1.807, 2.05) is 6.92 Å². The number of halogens is 3. The summed E-state index contributed by atoms with van der Waals surface area (Å²) in [5.74, 6) is -0.951. The Morgan fingerprint density at radius 2 is 1.41 bits per heavy atom. The summed E-state index contributed by atoms with van der Waals surface area (Å²) >= 11 is 0. The third-order valence-corrected chi connectivity index (χ3v) is 7.54. The third-order valence-electron chi connectivity index (χ3n) is 7.54. The molecule has 3 nitrogen and oxygen atoms in total. The molecule has 0 heterocycles. The molecule has 2 saturated carbocycles. The first kappa shape index (κ1) is 25.1. The van der Waals surface area contributed by atoms with E-state index in [2.05, 4.69) is 0 Å². The van der Waals surface area contributed by atoms with Gasteiger partial charge in [-0.3, -0.25) is 0 Å². The van der Waals surface area contributed by atoms with E-state index < -0.39 is 11.6 Å². The molecular weight excluding hydrogens is 441 g/mol. The predicted octanol–water partition coefficient (Wildman–Crippen LogP) is 7.01. The standard InChI is InChI=1S/C28H35F3O3/c1-2-33-17-21-9-12-23(15-26(21)29)34-16-18-3-5-19(6-4-18)24-13-14-25(28(31)27(24)30)20-7-10-22(32)11-8-20/h9,12-15,18-20,22,32H,2-8,10-11,16-17H2,1H3. The Morgan fingerprint density at radius 3 is 1.97 bits per heavy atom. The number of ether oxygens (including phenoxy) is 2. The molecular formula is C28H35F3O3. The van der Waals surface area contributed by atoms with Crippen molar-refractivity contribution in [3.05, 3.63) is 64.5 Å². The summed E-state index contributed by atoms with van der Waals surface area (Å²) in [4.78, 5) is 0. The second-order valence-electron chi connectivity index (χ2n) is 9.80. The molecule has 2 aliphatic carbocycles. The van der Waals surface area contributed by atoms with Gasteiger partial charge >= 0.3 is 0 Å². The molecule has 2 aromatic carbocycles. The van der Waals surface area contributed by atoms with Gasteiger partial charge in [-0.05, 0) is 93.2 Å². The molecule has 0 aromatic heterocycles. The molecule has 0 amide bonds. The molecule has 34 heavy (non-hydrogen) atoms. The van der Waals surface area contributed by atoms with E-state index in [1.165, 1.54) is 6.07 Å². The zero-order valence-corrected chi connectivity index (χ0v) is 19.9. The van der Waals surface area contributed by atoms with Crippen LogP contribution in [0.3, 0.4) is 0 Å². The first-order valence-corrected chi connectivity index (χ1v) is 12.6. The van der Waals surface area contributed by atoms with E-state index in [-0.39, 0.29) is 30.4 Å². The normalized spacial score (nSPS) is 25.3. The number of aliphatic hydroxyl groups excluding tert-OH is 1. The van der Waals surface area contributed by atoms with Crippen LogP contribution in [-0.2, 0) is 11.3 Å². The summed E-state index contributed by atoms with van der Waals surface area (Å²) in [6, 6.07) is 8.37. The Morgan fingerprint density at radius 1 is 0.824 bits per heavy atom. The van der Waals surface area contributed by atoms with Crippen LogP contribution < -0.4 is 4.74 Å². The van der Waals surface area contributed by atoms with Gasteiger partial charge in [0.05, 0.1) is 19.3 Å². The second-order valence-corrected chi connectivity index (χ2v) is 9.80. The number of rotatable bonds is 8. The zero-order valence-electron chi connectivity index (χ0n) is 19.9. The third kappa shape index (κ3) is 5.95. The molecule has 2 aromatic rings. The molecule has 186 valence electrons. The van der Waals surface area contributed by atoms with E-state index in [4.69, 9.17) is 9.47 Å². The average molecular weight is 477 g/mol. The number of benzene rings is 2. The van der Waals surface area contributed by atoms with Crippen molar-refractivity contribution >= 4 is 0 Å². The molecule has 4 rings (SSSR count). The first-order valence-electron chi connectivity index (χ1n) is 12.6. The monoisotopic (exact) mass is 476 g/mol. The van der Waals surface area contributed by atoms with E-state index in [1.54, 1.807) is 24.3 Å². The summed E-state index contributed by atoms with van der Waals surface area (Å²) in [7, 11) is 0. The van der Waals surface area contributed by atoms with Gasteiger partial charge in [-0.1, -0.05) is 18.2 Å². The number of hydrogen-bond donors (Lipinski definition) is 1. The fourth-order valence-corrected chi connectivity index (χ4v) is 5.40. The highest BCUT2D eigenvalue weighted by Gasteiger charge is 2.29. The van der Waals surface area contributed by atoms with E-state index in [9.17, 15) is 18.3 Å². The highest BCUT2D eigenvalue weighted by molar-refractivity contribution is 5.32. The Balaban J connectivity index is 1.30. The van der Waals surface area contributed by atoms with E-state index in [0.29, 0.717) is 67.3 Å². The Kier molecular flexibility index (Phi) is 8.54. The zero-order chi connectivity index (χ0) is 24.1. The molecule has 2 aliphatic rings. The summed E-state index contributed by atoms with van der Waals surface area (Å²) in [6.07, 6.45) is 5.64. The molecule has 0 atom stereocenters. The topological polar surface area (TPSA) is 38.7 Å². The van der Waals surface area contributed by atoms with Crippen molar-refractivity contribution in [1.29, 1.82) is 0 Å². The lowest BCUT2D eigenvalue weighted by Crippen LogP contribution is -2.21. The van der Waals surface area contributed by atoms with Crippen LogP contribution in [0.15, 0.2) is 30.3 Å². The maximum absolute atomic E-state index is 15.0. The maximum atomic E-state index is 15.0. The first-order chi connectivity index (χ1) is 16.5. The number of hydrogen-bond acceptors (Lipinski definition) is 3. The lowest BCUT2D eigenvalue weighted by molar-refractivity contribution is 0.122. The summed E-state index contributed by atoms with van der Waals surface area (Å²) < 4.78 is 55.2. The molecule has 2 fully saturated rings. The predicted molar refractivity (Wildman–Crippen MR) is 125 cm³/mol. The Labute approximate surface area is 200 Å². The van der Waals surface area contributed by atoms with Crippen molar-refractivity contribution in [3.63, 3.8) is 0 Å². The van der Waals surface area contributed by atoms with Gasteiger partial charge in [0, 0.05) is 18.2 Å². The van der Waals surface area contributed by atoms with Crippen LogP contribution in [0.25, 0.3) is 0 Å². The summed E-state index contributed by atoms with van der Waals surface area (Å²) in [5.41, 5.74) is 1.44. The molecule has 0 saturated heterocycles. The highest BCUT2D eigenvalue weighted by Crippen LogP contribution is 2.40. The van der Waals surface area contributed by atoms with Gasteiger partial charge < -0.3 is 14.6 Å². The van der Waals surface area contributed by atoms with Crippen LogP contribution in [0, 0.1) is 23.4 Å².